The van der Waals surface area contributed by atoms with E-state index in [1.54, 1.807) is 6.92 Å². The number of hydrogen-bond donors (Lipinski definition) is 2. The molecule has 21 heavy (non-hydrogen) atoms. The van der Waals surface area contributed by atoms with Crippen LogP contribution in [0, 0.1) is 16.0 Å². The number of nitrogens with two attached hydrogens (primary N) is 1. The first kappa shape index (κ1) is 15.7. The van der Waals surface area contributed by atoms with Crippen molar-refractivity contribution in [3.63, 3.8) is 0 Å². The van der Waals surface area contributed by atoms with Gasteiger partial charge in [-0.1, -0.05) is 0 Å². The Bertz CT molecular complexity index is 536. The Morgan fingerprint density at radius 1 is 1.62 bits per heavy atom. The number of primary amides is 1. The van der Waals surface area contributed by atoms with E-state index in [1.165, 1.54) is 17.4 Å². The molecule has 0 bridgehead atoms. The number of nitro groups is 1. The first-order valence-corrected chi connectivity index (χ1v) is 7.69. The van der Waals surface area contributed by atoms with Crippen LogP contribution in [0.5, 0.6) is 0 Å². The van der Waals surface area contributed by atoms with Crippen LogP contribution in [0.25, 0.3) is 0 Å². The Hall–Kier alpha value is -1.67. The summed E-state index contributed by atoms with van der Waals surface area (Å²) in [6.45, 7) is 2.93. The zero-order chi connectivity index (χ0) is 15.6. The van der Waals surface area contributed by atoms with E-state index in [0.29, 0.717) is 29.4 Å². The summed E-state index contributed by atoms with van der Waals surface area (Å²) in [6, 6.07) is 1.44. The third kappa shape index (κ3) is 3.70. The highest BCUT2D eigenvalue weighted by atomic mass is 32.1. The molecular formula is C13H19N3O4S. The largest absolute Gasteiger partial charge is 0.388 e. The molecule has 1 saturated heterocycles. The SMILES string of the molecule is CC(O)c1cc([N+](=O)[O-])c(N2CCC(CC(N)=O)CC2)s1. The Balaban J connectivity index is 2.12. The topological polar surface area (TPSA) is 110 Å². The first-order valence-electron chi connectivity index (χ1n) is 6.88. The van der Waals surface area contributed by atoms with E-state index in [9.17, 15) is 20.0 Å². The van der Waals surface area contributed by atoms with Gasteiger partial charge in [0.2, 0.25) is 5.91 Å². The van der Waals surface area contributed by atoms with Crippen LogP contribution in [-0.2, 0) is 4.79 Å². The van der Waals surface area contributed by atoms with Crippen molar-refractivity contribution >= 4 is 27.9 Å². The van der Waals surface area contributed by atoms with E-state index in [1.807, 2.05) is 4.90 Å². The Morgan fingerprint density at radius 3 is 2.71 bits per heavy atom. The summed E-state index contributed by atoms with van der Waals surface area (Å²) < 4.78 is 0. The Labute approximate surface area is 126 Å². The molecule has 1 aromatic heterocycles. The molecule has 1 atom stereocenters. The van der Waals surface area contributed by atoms with Gasteiger partial charge in [0.25, 0.3) is 0 Å². The molecule has 1 unspecified atom stereocenters. The summed E-state index contributed by atoms with van der Waals surface area (Å²) in [4.78, 5) is 24.2. The minimum atomic E-state index is -0.713. The molecular weight excluding hydrogens is 294 g/mol. The second-order valence-corrected chi connectivity index (χ2v) is 6.44. The number of thiophene rings is 1. The molecule has 0 radical (unpaired) electrons. The molecule has 1 aromatic rings. The quantitative estimate of drug-likeness (QED) is 0.636. The van der Waals surface area contributed by atoms with Crippen LogP contribution in [0.1, 0.15) is 37.2 Å². The molecule has 1 amide bonds. The first-order chi connectivity index (χ1) is 9.88. The van der Waals surface area contributed by atoms with E-state index in [4.69, 9.17) is 5.73 Å². The number of nitrogens with zero attached hydrogens (tertiary/aromatic N) is 2. The zero-order valence-electron chi connectivity index (χ0n) is 11.8. The predicted molar refractivity (Wildman–Crippen MR) is 80.4 cm³/mol. The average Bonchev–Trinajstić information content (AvgIpc) is 2.84. The van der Waals surface area contributed by atoms with Crippen LogP contribution in [-0.4, -0.2) is 29.0 Å². The lowest BCUT2D eigenvalue weighted by atomic mass is 9.93. The summed E-state index contributed by atoms with van der Waals surface area (Å²) in [5, 5.41) is 21.3. The van der Waals surface area contributed by atoms with Crippen LogP contribution < -0.4 is 10.6 Å². The standard InChI is InChI=1S/C13H19N3O4S/c1-8(17)11-7-10(16(19)20)13(21-11)15-4-2-9(3-5-15)6-12(14)18/h7-9,17H,2-6H2,1H3,(H2,14,18). The molecule has 0 aliphatic carbocycles. The highest BCUT2D eigenvalue weighted by Gasteiger charge is 2.28. The van der Waals surface area contributed by atoms with Crippen molar-refractivity contribution in [3.8, 4) is 0 Å². The Kier molecular flexibility index (Phi) is 4.79. The predicted octanol–water partition coefficient (Wildman–Crippen LogP) is 1.80. The lowest BCUT2D eigenvalue weighted by Crippen LogP contribution is -2.34. The molecule has 0 spiro atoms. The van der Waals surface area contributed by atoms with Gasteiger partial charge in [-0.15, -0.1) is 11.3 Å². The van der Waals surface area contributed by atoms with Crippen molar-refractivity contribution in [2.75, 3.05) is 18.0 Å². The molecule has 0 saturated carbocycles. The molecule has 3 N–H and O–H groups in total. The van der Waals surface area contributed by atoms with Crippen molar-refractivity contribution in [3.05, 3.63) is 21.1 Å². The van der Waals surface area contributed by atoms with Gasteiger partial charge in [0, 0.05) is 30.5 Å². The molecule has 2 rings (SSSR count). The summed E-state index contributed by atoms with van der Waals surface area (Å²) in [7, 11) is 0. The van der Waals surface area contributed by atoms with E-state index in [0.717, 1.165) is 12.8 Å². The number of aliphatic hydroxyl groups is 1. The number of carbonyl (C=O) groups excluding carboxylic acids is 1. The smallest absolute Gasteiger partial charge is 0.304 e. The monoisotopic (exact) mass is 313 g/mol. The third-order valence-corrected chi connectivity index (χ3v) is 5.07. The fourth-order valence-corrected chi connectivity index (χ4v) is 3.69. The summed E-state index contributed by atoms with van der Waals surface area (Å²) in [5.74, 6) is -0.0408. The van der Waals surface area contributed by atoms with Gasteiger partial charge >= 0.3 is 5.69 Å². The van der Waals surface area contributed by atoms with Crippen LogP contribution in [0.15, 0.2) is 6.07 Å². The van der Waals surface area contributed by atoms with Crippen LogP contribution in [0.4, 0.5) is 10.7 Å². The summed E-state index contributed by atoms with van der Waals surface area (Å²) in [6.07, 6.45) is 1.25. The van der Waals surface area contributed by atoms with Gasteiger partial charge in [0.1, 0.15) is 0 Å². The lowest BCUT2D eigenvalue weighted by Gasteiger charge is -2.31. The molecule has 1 aliphatic heterocycles. The maximum Gasteiger partial charge on any atom is 0.304 e. The van der Waals surface area contributed by atoms with Gasteiger partial charge in [-0.3, -0.25) is 14.9 Å². The fourth-order valence-electron chi connectivity index (χ4n) is 2.58. The number of anilines is 1. The molecule has 116 valence electrons. The molecule has 0 aromatic carbocycles. The minimum Gasteiger partial charge on any atom is -0.388 e. The number of piperidine rings is 1. The molecule has 8 heteroatoms. The fraction of sp³-hybridized carbons (Fsp3) is 0.615. The van der Waals surface area contributed by atoms with Crippen LogP contribution in [0.2, 0.25) is 0 Å². The van der Waals surface area contributed by atoms with Crippen LogP contribution in [0.3, 0.4) is 0 Å². The van der Waals surface area contributed by atoms with Crippen molar-refractivity contribution in [2.24, 2.45) is 11.7 Å². The number of hydrogen-bond acceptors (Lipinski definition) is 6. The van der Waals surface area contributed by atoms with E-state index in [2.05, 4.69) is 0 Å². The molecule has 1 aliphatic rings. The van der Waals surface area contributed by atoms with Gasteiger partial charge in [-0.25, -0.2) is 0 Å². The number of aliphatic hydroxyl groups excluding tert-OH is 1. The number of amides is 1. The highest BCUT2D eigenvalue weighted by molar-refractivity contribution is 7.16. The van der Waals surface area contributed by atoms with Crippen molar-refractivity contribution in [2.45, 2.75) is 32.3 Å². The van der Waals surface area contributed by atoms with Gasteiger partial charge in [-0.05, 0) is 25.7 Å². The molecule has 2 heterocycles. The number of rotatable bonds is 5. The van der Waals surface area contributed by atoms with Crippen molar-refractivity contribution < 1.29 is 14.8 Å². The Morgan fingerprint density at radius 2 is 2.24 bits per heavy atom. The summed E-state index contributed by atoms with van der Waals surface area (Å²) in [5.41, 5.74) is 5.25. The van der Waals surface area contributed by atoms with Gasteiger partial charge in [-0.2, -0.15) is 0 Å². The molecule has 1 fully saturated rings. The van der Waals surface area contributed by atoms with Crippen molar-refractivity contribution in [1.29, 1.82) is 0 Å². The minimum absolute atomic E-state index is 0.0456. The van der Waals surface area contributed by atoms with E-state index >= 15 is 0 Å². The van der Waals surface area contributed by atoms with Crippen LogP contribution >= 0.6 is 11.3 Å². The van der Waals surface area contributed by atoms with Crippen molar-refractivity contribution in [1.82, 2.24) is 0 Å². The number of carbonyl (C=O) groups is 1. The maximum atomic E-state index is 11.2. The second-order valence-electron chi connectivity index (χ2n) is 5.37. The zero-order valence-corrected chi connectivity index (χ0v) is 12.6. The summed E-state index contributed by atoms with van der Waals surface area (Å²) >= 11 is 1.26. The second kappa shape index (κ2) is 6.40. The van der Waals surface area contributed by atoms with Gasteiger partial charge < -0.3 is 15.7 Å². The molecule has 7 nitrogen and oxygen atoms in total. The lowest BCUT2D eigenvalue weighted by molar-refractivity contribution is -0.383. The normalized spacial score (nSPS) is 17.7. The van der Waals surface area contributed by atoms with E-state index in [-0.39, 0.29) is 17.5 Å². The van der Waals surface area contributed by atoms with Gasteiger partial charge in [0.15, 0.2) is 5.00 Å². The average molecular weight is 313 g/mol. The third-order valence-electron chi connectivity index (χ3n) is 3.71. The maximum absolute atomic E-state index is 11.2. The highest BCUT2D eigenvalue weighted by Crippen LogP contribution is 2.41. The van der Waals surface area contributed by atoms with Gasteiger partial charge in [0.05, 0.1) is 11.0 Å². The van der Waals surface area contributed by atoms with E-state index < -0.39 is 11.0 Å².